The van der Waals surface area contributed by atoms with Gasteiger partial charge in [0.2, 0.25) is 0 Å². The van der Waals surface area contributed by atoms with Crippen molar-refractivity contribution in [2.75, 3.05) is 0 Å². The van der Waals surface area contributed by atoms with Gasteiger partial charge in [0.1, 0.15) is 5.82 Å². The van der Waals surface area contributed by atoms with E-state index in [4.69, 9.17) is 0 Å². The summed E-state index contributed by atoms with van der Waals surface area (Å²) < 4.78 is 44.5. The molecule has 1 fully saturated rings. The Hall–Kier alpha value is -2.81. The highest BCUT2D eigenvalue weighted by molar-refractivity contribution is 5.72. The molecule has 0 radical (unpaired) electrons. The summed E-state index contributed by atoms with van der Waals surface area (Å²) in [5.41, 5.74) is 3.84. The van der Waals surface area contributed by atoms with Crippen LogP contribution in [0, 0.1) is 23.4 Å². The van der Waals surface area contributed by atoms with Crippen LogP contribution in [0.5, 0.6) is 0 Å². The molecule has 0 heterocycles. The maximum Gasteiger partial charge on any atom is 0.166 e. The Morgan fingerprint density at radius 1 is 0.800 bits per heavy atom. The monoisotopic (exact) mass is 476 g/mol. The Bertz CT molecular complexity index is 1150. The number of unbranched alkanes of at least 4 members (excludes halogenated alkanes) is 1. The quantitative estimate of drug-likeness (QED) is 0.284. The van der Waals surface area contributed by atoms with Crippen LogP contribution in [-0.4, -0.2) is 0 Å². The lowest BCUT2D eigenvalue weighted by Crippen LogP contribution is -2.14. The molecule has 0 bridgehead atoms. The van der Waals surface area contributed by atoms with Gasteiger partial charge in [-0.1, -0.05) is 87.4 Å². The van der Waals surface area contributed by atoms with E-state index in [1.807, 2.05) is 24.3 Å². The minimum atomic E-state index is -0.770. The molecule has 0 atom stereocenters. The van der Waals surface area contributed by atoms with E-state index in [-0.39, 0.29) is 17.3 Å². The first-order valence-corrected chi connectivity index (χ1v) is 13.0. The summed E-state index contributed by atoms with van der Waals surface area (Å²) in [5, 5.41) is 0. The molecular weight excluding hydrogens is 441 g/mol. The van der Waals surface area contributed by atoms with Crippen molar-refractivity contribution in [3.8, 4) is 11.1 Å². The van der Waals surface area contributed by atoms with Gasteiger partial charge in [-0.2, -0.15) is 0 Å². The van der Waals surface area contributed by atoms with Crippen molar-refractivity contribution in [2.45, 2.75) is 71.1 Å². The molecule has 0 saturated heterocycles. The lowest BCUT2D eigenvalue weighted by molar-refractivity contribution is 0.312. The van der Waals surface area contributed by atoms with Crippen molar-refractivity contribution in [2.24, 2.45) is 5.92 Å². The molecule has 0 aromatic heterocycles. The van der Waals surface area contributed by atoms with Crippen molar-refractivity contribution >= 4 is 12.2 Å². The number of halogens is 3. The molecule has 3 aromatic carbocycles. The topological polar surface area (TPSA) is 0 Å². The average Bonchev–Trinajstić information content (AvgIpc) is 2.89. The fraction of sp³-hybridized carbons (Fsp3) is 0.375. The summed E-state index contributed by atoms with van der Waals surface area (Å²) in [7, 11) is 0. The van der Waals surface area contributed by atoms with E-state index in [2.05, 4.69) is 13.8 Å². The van der Waals surface area contributed by atoms with Crippen molar-refractivity contribution in [3.05, 3.63) is 94.3 Å². The van der Waals surface area contributed by atoms with Gasteiger partial charge in [0.05, 0.1) is 0 Å². The Morgan fingerprint density at radius 2 is 1.54 bits per heavy atom. The van der Waals surface area contributed by atoms with E-state index in [0.29, 0.717) is 22.6 Å². The van der Waals surface area contributed by atoms with E-state index < -0.39 is 11.6 Å². The summed E-state index contributed by atoms with van der Waals surface area (Å²) in [6.07, 6.45) is 11.8. The maximum absolute atomic E-state index is 15.0. The summed E-state index contributed by atoms with van der Waals surface area (Å²) in [6.45, 7) is 4.32. The third-order valence-electron chi connectivity index (χ3n) is 7.54. The second-order valence-corrected chi connectivity index (χ2v) is 9.87. The number of rotatable bonds is 8. The minimum absolute atomic E-state index is 0.106. The molecule has 0 spiro atoms. The number of aryl methyl sites for hydroxylation is 1. The van der Waals surface area contributed by atoms with Gasteiger partial charge in [-0.15, -0.1) is 0 Å². The van der Waals surface area contributed by atoms with Gasteiger partial charge in [0.15, 0.2) is 11.6 Å². The van der Waals surface area contributed by atoms with Crippen molar-refractivity contribution in [3.63, 3.8) is 0 Å². The Morgan fingerprint density at radius 3 is 2.20 bits per heavy atom. The van der Waals surface area contributed by atoms with Crippen LogP contribution >= 0.6 is 0 Å². The van der Waals surface area contributed by atoms with Gasteiger partial charge in [-0.25, -0.2) is 13.2 Å². The van der Waals surface area contributed by atoms with Crippen LogP contribution < -0.4 is 0 Å². The van der Waals surface area contributed by atoms with E-state index in [9.17, 15) is 4.39 Å². The molecule has 0 amide bonds. The molecule has 1 aliphatic carbocycles. The van der Waals surface area contributed by atoms with Gasteiger partial charge in [0.25, 0.3) is 0 Å². The molecule has 1 saturated carbocycles. The second kappa shape index (κ2) is 11.7. The zero-order valence-electron chi connectivity index (χ0n) is 20.8. The predicted molar refractivity (Wildman–Crippen MR) is 141 cm³/mol. The lowest BCUT2D eigenvalue weighted by atomic mass is 9.77. The van der Waals surface area contributed by atoms with E-state index >= 15 is 8.78 Å². The lowest BCUT2D eigenvalue weighted by Gasteiger charge is -2.28. The molecule has 0 nitrogen and oxygen atoms in total. The molecule has 0 aliphatic heterocycles. The zero-order chi connectivity index (χ0) is 24.8. The van der Waals surface area contributed by atoms with Crippen LogP contribution in [-0.2, 0) is 6.42 Å². The largest absolute Gasteiger partial charge is 0.206 e. The van der Waals surface area contributed by atoms with Gasteiger partial charge in [-0.05, 0) is 78.7 Å². The number of hydrogen-bond acceptors (Lipinski definition) is 0. The first kappa shape index (κ1) is 25.3. The van der Waals surface area contributed by atoms with Gasteiger partial charge in [0, 0.05) is 11.1 Å². The highest BCUT2D eigenvalue weighted by atomic mass is 19.2. The van der Waals surface area contributed by atoms with Gasteiger partial charge in [-0.3, -0.25) is 0 Å². The summed E-state index contributed by atoms with van der Waals surface area (Å²) in [4.78, 5) is 0. The molecule has 0 unspecified atom stereocenters. The van der Waals surface area contributed by atoms with E-state index in [1.54, 1.807) is 42.5 Å². The second-order valence-electron chi connectivity index (χ2n) is 9.87. The first-order valence-electron chi connectivity index (χ1n) is 13.0. The SMILES string of the molecule is CCCCc1ccc(/C=C/c2ccc(-c3ccc(C4CCC(CC)CC4)c(F)c3F)cc2)c(F)c1. The number of benzene rings is 3. The van der Waals surface area contributed by atoms with Crippen LogP contribution in [0.1, 0.15) is 87.0 Å². The van der Waals surface area contributed by atoms with E-state index in [1.165, 1.54) is 0 Å². The zero-order valence-corrected chi connectivity index (χ0v) is 20.8. The summed E-state index contributed by atoms with van der Waals surface area (Å²) >= 11 is 0. The highest BCUT2D eigenvalue weighted by Crippen LogP contribution is 2.39. The van der Waals surface area contributed by atoms with Crippen molar-refractivity contribution < 1.29 is 13.2 Å². The van der Waals surface area contributed by atoms with Crippen LogP contribution in [0.25, 0.3) is 23.3 Å². The molecule has 0 N–H and O–H groups in total. The van der Waals surface area contributed by atoms with Crippen molar-refractivity contribution in [1.82, 2.24) is 0 Å². The molecule has 184 valence electrons. The van der Waals surface area contributed by atoms with E-state index in [0.717, 1.165) is 62.5 Å². The Kier molecular flexibility index (Phi) is 8.49. The van der Waals surface area contributed by atoms with Gasteiger partial charge < -0.3 is 0 Å². The Balaban J connectivity index is 1.46. The first-order chi connectivity index (χ1) is 17.0. The molecule has 3 aromatic rings. The van der Waals surface area contributed by atoms with Gasteiger partial charge >= 0.3 is 0 Å². The standard InChI is InChI=1S/C32H35F3/c1-3-5-6-24-12-18-27(30(33)21-24)17-11-23-9-15-26(16-10-23)29-20-19-28(31(34)32(29)35)25-13-7-22(4-2)8-14-25/h9-12,15-22,25H,3-8,13-14H2,1-2H3/b17-11+. The average molecular weight is 477 g/mol. The summed E-state index contributed by atoms with van der Waals surface area (Å²) in [6, 6.07) is 16.1. The minimum Gasteiger partial charge on any atom is -0.206 e. The third kappa shape index (κ3) is 6.07. The molecule has 35 heavy (non-hydrogen) atoms. The summed E-state index contributed by atoms with van der Waals surface area (Å²) in [5.74, 6) is -0.882. The van der Waals surface area contributed by atoms with Crippen LogP contribution in [0.3, 0.4) is 0 Å². The fourth-order valence-electron chi connectivity index (χ4n) is 5.19. The van der Waals surface area contributed by atoms with Crippen LogP contribution in [0.15, 0.2) is 54.6 Å². The molecule has 1 aliphatic rings. The van der Waals surface area contributed by atoms with Crippen molar-refractivity contribution in [1.29, 1.82) is 0 Å². The normalized spacial score (nSPS) is 18.3. The molecular formula is C32H35F3. The maximum atomic E-state index is 15.0. The van der Waals surface area contributed by atoms with Crippen LogP contribution in [0.4, 0.5) is 13.2 Å². The fourth-order valence-corrected chi connectivity index (χ4v) is 5.19. The predicted octanol–water partition coefficient (Wildman–Crippen LogP) is 9.97. The molecule has 4 rings (SSSR count). The smallest absolute Gasteiger partial charge is 0.166 e. The highest BCUT2D eigenvalue weighted by Gasteiger charge is 2.25. The third-order valence-corrected chi connectivity index (χ3v) is 7.54. The number of hydrogen-bond donors (Lipinski definition) is 0. The van der Waals surface area contributed by atoms with Crippen LogP contribution in [0.2, 0.25) is 0 Å². The Labute approximate surface area is 207 Å². The molecule has 3 heteroatoms.